The molecule has 1 saturated carbocycles. The first-order valence-electron chi connectivity index (χ1n) is 11.3. The van der Waals surface area contributed by atoms with Crippen molar-refractivity contribution in [3.05, 3.63) is 40.7 Å². The quantitative estimate of drug-likeness (QED) is 0.680. The minimum atomic E-state index is -0.578. The molecular weight excluding hydrogens is 423 g/mol. The third-order valence-corrected chi connectivity index (χ3v) is 8.87. The number of nitrogens with zero attached hydrogens (tertiary/aromatic N) is 2. The minimum absolute atomic E-state index is 0.00740. The highest BCUT2D eigenvalue weighted by Crippen LogP contribution is 2.57. The van der Waals surface area contributed by atoms with Gasteiger partial charge in [-0.1, -0.05) is 26.7 Å². The Morgan fingerprint density at radius 2 is 2.12 bits per heavy atom. The van der Waals surface area contributed by atoms with Crippen molar-refractivity contribution in [3.8, 4) is 22.9 Å². The maximum absolute atomic E-state index is 13.4. The van der Waals surface area contributed by atoms with Crippen LogP contribution in [0.15, 0.2) is 24.3 Å². The third-order valence-electron chi connectivity index (χ3n) is 7.75. The van der Waals surface area contributed by atoms with E-state index in [1.165, 1.54) is 17.0 Å². The van der Waals surface area contributed by atoms with E-state index in [1.54, 1.807) is 35.4 Å². The van der Waals surface area contributed by atoms with Gasteiger partial charge in [0.1, 0.15) is 10.8 Å². The molecule has 0 unspecified atom stereocenters. The van der Waals surface area contributed by atoms with Crippen molar-refractivity contribution in [1.29, 1.82) is 0 Å². The van der Waals surface area contributed by atoms with Gasteiger partial charge in [-0.3, -0.25) is 4.79 Å². The van der Waals surface area contributed by atoms with Crippen LogP contribution in [0.25, 0.3) is 10.6 Å². The Kier molecular flexibility index (Phi) is 6.17. The van der Waals surface area contributed by atoms with Crippen molar-refractivity contribution in [2.45, 2.75) is 52.1 Å². The van der Waals surface area contributed by atoms with Gasteiger partial charge in [-0.05, 0) is 60.8 Å². The number of hydrogen-bond acceptors (Lipinski definition) is 4. The van der Waals surface area contributed by atoms with E-state index in [2.05, 4.69) is 19.8 Å². The molecule has 170 valence electrons. The number of benzene rings is 1. The topological polar surface area (TPSA) is 53.4 Å². The van der Waals surface area contributed by atoms with Crippen LogP contribution in [0.3, 0.4) is 0 Å². The van der Waals surface area contributed by atoms with Crippen LogP contribution in [0.4, 0.5) is 4.39 Å². The zero-order valence-corrected chi connectivity index (χ0v) is 20.0. The molecule has 0 aliphatic heterocycles. The standard InChI is InChI=1S/C26H31FN2O2S/c1-6-13-29(5)25(31)15(2)19-11-12-26(4)14-20-22(16(3)21(26)23(19)30)28-24(32-20)17-7-9-18(27)10-8-17/h1,7-10,15-16,19,21,23,30H,11-14H2,2-5H3/t15-,16-,19-,21+,23-,26-/m0/s1. The number of halogens is 1. The van der Waals surface area contributed by atoms with Crippen LogP contribution >= 0.6 is 11.3 Å². The molecule has 1 fully saturated rings. The van der Waals surface area contributed by atoms with Gasteiger partial charge in [-0.2, -0.15) is 0 Å². The smallest absolute Gasteiger partial charge is 0.226 e. The van der Waals surface area contributed by atoms with Crippen LogP contribution < -0.4 is 0 Å². The predicted molar refractivity (Wildman–Crippen MR) is 126 cm³/mol. The van der Waals surface area contributed by atoms with E-state index in [0.29, 0.717) is 0 Å². The molecule has 4 nitrogen and oxygen atoms in total. The number of fused-ring (bicyclic) bond motifs is 2. The first kappa shape index (κ1) is 22.9. The SMILES string of the molecule is C#CCN(C)C(=O)[C@@H](C)[C@@H]1CC[C@@]2(C)Cc3sc(-c4ccc(F)cc4)nc3[C@@H](C)[C@@H]2[C@H]1O. The van der Waals surface area contributed by atoms with Gasteiger partial charge in [-0.25, -0.2) is 9.37 Å². The molecule has 0 saturated heterocycles. The Hall–Kier alpha value is -2.23. The molecule has 6 atom stereocenters. The molecule has 1 amide bonds. The first-order chi connectivity index (χ1) is 15.2. The average molecular weight is 455 g/mol. The lowest BCUT2D eigenvalue weighted by molar-refractivity contribution is -0.142. The molecule has 6 heteroatoms. The summed E-state index contributed by atoms with van der Waals surface area (Å²) >= 11 is 1.68. The molecule has 0 spiro atoms. The van der Waals surface area contributed by atoms with E-state index in [0.717, 1.165) is 35.5 Å². The van der Waals surface area contributed by atoms with Crippen LogP contribution in [-0.4, -0.2) is 40.6 Å². The summed E-state index contributed by atoms with van der Waals surface area (Å²) in [5, 5.41) is 12.4. The van der Waals surface area contributed by atoms with Crippen molar-refractivity contribution >= 4 is 17.2 Å². The second-order valence-electron chi connectivity index (χ2n) is 9.86. The summed E-state index contributed by atoms with van der Waals surface area (Å²) in [7, 11) is 1.72. The zero-order valence-electron chi connectivity index (χ0n) is 19.1. The van der Waals surface area contributed by atoms with Crippen molar-refractivity contribution in [2.24, 2.45) is 23.2 Å². The Balaban J connectivity index is 1.61. The van der Waals surface area contributed by atoms with Crippen LogP contribution in [0.1, 0.15) is 50.1 Å². The van der Waals surface area contributed by atoms with Crippen LogP contribution in [0.2, 0.25) is 0 Å². The molecule has 0 bridgehead atoms. The van der Waals surface area contributed by atoms with Crippen molar-refractivity contribution in [1.82, 2.24) is 9.88 Å². The molecule has 1 N–H and O–H groups in total. The summed E-state index contributed by atoms with van der Waals surface area (Å²) in [4.78, 5) is 20.6. The summed E-state index contributed by atoms with van der Waals surface area (Å²) in [6.07, 6.45) is 7.45. The number of aliphatic hydroxyl groups excluding tert-OH is 1. The molecule has 2 aliphatic rings. The molecule has 32 heavy (non-hydrogen) atoms. The second kappa shape index (κ2) is 8.61. The van der Waals surface area contributed by atoms with Crippen molar-refractivity contribution < 1.29 is 14.3 Å². The Labute approximate surface area is 193 Å². The number of hydrogen-bond donors (Lipinski definition) is 1. The highest BCUT2D eigenvalue weighted by Gasteiger charge is 2.54. The van der Waals surface area contributed by atoms with Crippen molar-refractivity contribution in [3.63, 3.8) is 0 Å². The Morgan fingerprint density at radius 3 is 2.78 bits per heavy atom. The number of terminal acetylenes is 1. The zero-order chi connectivity index (χ0) is 23.2. The molecular formula is C26H31FN2O2S. The number of thiazole rings is 1. The fraction of sp³-hybridized carbons (Fsp3) is 0.538. The van der Waals surface area contributed by atoms with Gasteiger partial charge in [0, 0.05) is 29.3 Å². The second-order valence-corrected chi connectivity index (χ2v) is 10.9. The molecule has 1 aromatic heterocycles. The van der Waals surface area contributed by atoms with Gasteiger partial charge in [0.05, 0.1) is 18.3 Å². The molecule has 0 radical (unpaired) electrons. The predicted octanol–water partition coefficient (Wildman–Crippen LogP) is 4.73. The highest BCUT2D eigenvalue weighted by atomic mass is 32.1. The van der Waals surface area contributed by atoms with Gasteiger partial charge >= 0.3 is 0 Å². The monoisotopic (exact) mass is 454 g/mol. The van der Waals surface area contributed by atoms with Crippen LogP contribution in [0, 0.1) is 41.3 Å². The third kappa shape index (κ3) is 3.86. The lowest BCUT2D eigenvalue weighted by Gasteiger charge is -2.53. The fourth-order valence-electron chi connectivity index (χ4n) is 6.01. The van der Waals surface area contributed by atoms with Crippen LogP contribution in [0.5, 0.6) is 0 Å². The van der Waals surface area contributed by atoms with Gasteiger partial charge in [-0.15, -0.1) is 17.8 Å². The Bertz CT molecular complexity index is 1040. The summed E-state index contributed by atoms with van der Waals surface area (Å²) in [5.74, 6) is 1.99. The van der Waals surface area contributed by atoms with Gasteiger partial charge in [0.2, 0.25) is 5.91 Å². The van der Waals surface area contributed by atoms with Crippen molar-refractivity contribution in [2.75, 3.05) is 13.6 Å². The molecule has 1 heterocycles. The normalized spacial score (nSPS) is 30.0. The molecule has 1 aromatic carbocycles. The highest BCUT2D eigenvalue weighted by molar-refractivity contribution is 7.15. The molecule has 2 aliphatic carbocycles. The van der Waals surface area contributed by atoms with Gasteiger partial charge in [0.15, 0.2) is 0 Å². The minimum Gasteiger partial charge on any atom is -0.392 e. The summed E-state index contributed by atoms with van der Waals surface area (Å²) < 4.78 is 13.4. The number of rotatable bonds is 4. The number of aromatic nitrogens is 1. The largest absolute Gasteiger partial charge is 0.392 e. The summed E-state index contributed by atoms with van der Waals surface area (Å²) in [6.45, 7) is 6.61. The maximum Gasteiger partial charge on any atom is 0.226 e. The van der Waals surface area contributed by atoms with E-state index >= 15 is 0 Å². The lowest BCUT2D eigenvalue weighted by atomic mass is 9.53. The van der Waals surface area contributed by atoms with E-state index < -0.39 is 6.10 Å². The number of amides is 1. The Morgan fingerprint density at radius 1 is 1.44 bits per heavy atom. The van der Waals surface area contributed by atoms with Gasteiger partial charge in [0.25, 0.3) is 0 Å². The van der Waals surface area contributed by atoms with E-state index in [-0.39, 0.29) is 47.4 Å². The van der Waals surface area contributed by atoms with E-state index in [1.807, 2.05) is 6.92 Å². The van der Waals surface area contributed by atoms with E-state index in [9.17, 15) is 14.3 Å². The number of carbonyl (C=O) groups excluding carboxylic acids is 1. The average Bonchev–Trinajstić information content (AvgIpc) is 3.17. The fourth-order valence-corrected chi connectivity index (χ4v) is 7.38. The van der Waals surface area contributed by atoms with Gasteiger partial charge < -0.3 is 10.0 Å². The molecule has 4 rings (SSSR count). The number of aliphatic hydroxyl groups is 1. The summed E-state index contributed by atoms with van der Waals surface area (Å²) in [6, 6.07) is 6.46. The van der Waals surface area contributed by atoms with E-state index in [4.69, 9.17) is 11.4 Å². The van der Waals surface area contributed by atoms with Crippen LogP contribution in [-0.2, 0) is 11.2 Å². The first-order valence-corrected chi connectivity index (χ1v) is 12.1. The maximum atomic E-state index is 13.4. The number of carbonyl (C=O) groups is 1. The summed E-state index contributed by atoms with van der Waals surface area (Å²) in [5.41, 5.74) is 1.92. The molecule has 2 aromatic rings. The lowest BCUT2D eigenvalue weighted by Crippen LogP contribution is -2.53.